The van der Waals surface area contributed by atoms with Gasteiger partial charge in [0.2, 0.25) is 10.0 Å². The first-order valence-electron chi connectivity index (χ1n) is 10.9. The minimum atomic E-state index is -3.66. The fourth-order valence-corrected chi connectivity index (χ4v) is 5.67. The van der Waals surface area contributed by atoms with Gasteiger partial charge in [-0.3, -0.25) is 10.1 Å². The highest BCUT2D eigenvalue weighted by atomic mass is 32.2. The molecule has 0 radical (unpaired) electrons. The van der Waals surface area contributed by atoms with Crippen LogP contribution < -0.4 is 10.6 Å². The number of hydrogen-bond donors (Lipinski definition) is 2. The third-order valence-corrected chi connectivity index (χ3v) is 7.91. The highest BCUT2D eigenvalue weighted by molar-refractivity contribution is 7.89. The fraction of sp³-hybridized carbons (Fsp3) is 0.261. The molecule has 12 heteroatoms. The van der Waals surface area contributed by atoms with Crippen molar-refractivity contribution >= 4 is 43.5 Å². The maximum absolute atomic E-state index is 13.0. The quantitative estimate of drug-likeness (QED) is 0.491. The predicted octanol–water partition coefficient (Wildman–Crippen LogP) is 3.65. The van der Waals surface area contributed by atoms with E-state index in [0.29, 0.717) is 37.0 Å². The van der Waals surface area contributed by atoms with Gasteiger partial charge in [0.25, 0.3) is 5.91 Å². The van der Waals surface area contributed by atoms with Crippen LogP contribution in [0, 0.1) is 0 Å². The summed E-state index contributed by atoms with van der Waals surface area (Å²) in [7, 11) is -3.66. The van der Waals surface area contributed by atoms with E-state index in [2.05, 4.69) is 15.6 Å². The smallest absolute Gasteiger partial charge is 0.413 e. The molecular weight excluding hydrogens is 492 g/mol. The summed E-state index contributed by atoms with van der Waals surface area (Å²) in [5.41, 5.74) is 1.52. The van der Waals surface area contributed by atoms with E-state index in [1.807, 2.05) is 30.3 Å². The minimum Gasteiger partial charge on any atom is -0.450 e. The molecule has 2 aromatic carbocycles. The van der Waals surface area contributed by atoms with Crippen molar-refractivity contribution < 1.29 is 27.5 Å². The zero-order chi connectivity index (χ0) is 24.8. The molecule has 0 aliphatic carbocycles. The second-order valence-electron chi connectivity index (χ2n) is 7.40. The molecule has 1 aliphatic heterocycles. The van der Waals surface area contributed by atoms with E-state index in [0.717, 1.165) is 16.9 Å². The van der Waals surface area contributed by atoms with Gasteiger partial charge in [-0.05, 0) is 31.2 Å². The number of carbonyl (C=O) groups excluding carboxylic acids is 2. The molecule has 1 fully saturated rings. The third-order valence-electron chi connectivity index (χ3n) is 5.11. The first-order chi connectivity index (χ1) is 16.9. The molecule has 0 bridgehead atoms. The van der Waals surface area contributed by atoms with Crippen molar-refractivity contribution in [2.24, 2.45) is 0 Å². The number of amides is 2. The molecule has 10 nitrogen and oxygen atoms in total. The second-order valence-corrected chi connectivity index (χ2v) is 10.3. The Balaban J connectivity index is 1.55. The summed E-state index contributed by atoms with van der Waals surface area (Å²) >= 11 is 1.09. The van der Waals surface area contributed by atoms with Gasteiger partial charge in [0, 0.05) is 24.2 Å². The molecule has 1 aliphatic rings. The molecule has 4 rings (SSSR count). The van der Waals surface area contributed by atoms with Crippen LogP contribution in [-0.4, -0.2) is 62.6 Å². The minimum absolute atomic E-state index is 0.111. The number of rotatable bonds is 7. The van der Waals surface area contributed by atoms with E-state index in [1.165, 1.54) is 28.6 Å². The van der Waals surface area contributed by atoms with Crippen molar-refractivity contribution in [1.29, 1.82) is 0 Å². The zero-order valence-corrected chi connectivity index (χ0v) is 20.5. The van der Waals surface area contributed by atoms with Gasteiger partial charge in [-0.15, -0.1) is 0 Å². The Morgan fingerprint density at radius 1 is 1.06 bits per heavy atom. The molecule has 1 aromatic heterocycles. The number of thiazole rings is 1. The average Bonchev–Trinajstić information content (AvgIpc) is 3.27. The van der Waals surface area contributed by atoms with Gasteiger partial charge in [0.1, 0.15) is 10.7 Å². The number of nitrogens with zero attached hydrogens (tertiary/aromatic N) is 2. The van der Waals surface area contributed by atoms with Crippen LogP contribution in [0.4, 0.5) is 14.9 Å². The van der Waals surface area contributed by atoms with Crippen molar-refractivity contribution in [1.82, 2.24) is 9.29 Å². The molecule has 1 saturated heterocycles. The van der Waals surface area contributed by atoms with Gasteiger partial charge in [-0.1, -0.05) is 41.7 Å². The molecule has 0 unspecified atom stereocenters. The summed E-state index contributed by atoms with van der Waals surface area (Å²) in [4.78, 5) is 29.4. The van der Waals surface area contributed by atoms with E-state index in [1.54, 1.807) is 6.92 Å². The van der Waals surface area contributed by atoms with Gasteiger partial charge in [-0.25, -0.2) is 18.2 Å². The van der Waals surface area contributed by atoms with E-state index in [9.17, 15) is 18.0 Å². The first kappa shape index (κ1) is 24.8. The summed E-state index contributed by atoms with van der Waals surface area (Å²) in [5.74, 6) is -0.441. The first-order valence-corrected chi connectivity index (χ1v) is 13.1. The number of carbonyl (C=O) groups is 2. The summed E-state index contributed by atoms with van der Waals surface area (Å²) in [6.45, 7) is 3.20. The normalized spacial score (nSPS) is 14.3. The number of benzene rings is 2. The van der Waals surface area contributed by atoms with Crippen LogP contribution >= 0.6 is 11.3 Å². The van der Waals surface area contributed by atoms with Crippen molar-refractivity contribution in [3.05, 3.63) is 60.2 Å². The zero-order valence-electron chi connectivity index (χ0n) is 18.9. The highest BCUT2D eigenvalue weighted by Crippen LogP contribution is 2.36. The van der Waals surface area contributed by atoms with Crippen LogP contribution in [-0.2, 0) is 19.5 Å². The van der Waals surface area contributed by atoms with Crippen LogP contribution in [0.3, 0.4) is 0 Å². The Morgan fingerprint density at radius 3 is 2.40 bits per heavy atom. The van der Waals surface area contributed by atoms with E-state index in [4.69, 9.17) is 9.47 Å². The van der Waals surface area contributed by atoms with E-state index < -0.39 is 22.0 Å². The molecule has 2 amide bonds. The number of aromatic nitrogens is 1. The monoisotopic (exact) mass is 516 g/mol. The van der Waals surface area contributed by atoms with Gasteiger partial charge < -0.3 is 14.8 Å². The van der Waals surface area contributed by atoms with E-state index in [-0.39, 0.29) is 22.2 Å². The van der Waals surface area contributed by atoms with Gasteiger partial charge in [0.15, 0.2) is 5.13 Å². The second kappa shape index (κ2) is 11.0. The molecule has 0 saturated carbocycles. The third kappa shape index (κ3) is 5.85. The summed E-state index contributed by atoms with van der Waals surface area (Å²) in [6.07, 6.45) is -0.643. The molecule has 2 N–H and O–H groups in total. The number of sulfonamides is 1. The number of ether oxygens (including phenoxy) is 2. The molecular formula is C23H24N4O6S2. The van der Waals surface area contributed by atoms with E-state index >= 15 is 0 Å². The van der Waals surface area contributed by atoms with Gasteiger partial charge in [-0.2, -0.15) is 4.31 Å². The topological polar surface area (TPSA) is 127 Å². The Kier molecular flexibility index (Phi) is 7.76. The molecule has 35 heavy (non-hydrogen) atoms. The number of anilines is 2. The molecule has 0 atom stereocenters. The average molecular weight is 517 g/mol. The van der Waals surface area contributed by atoms with Crippen molar-refractivity contribution in [2.75, 3.05) is 43.5 Å². The lowest BCUT2D eigenvalue weighted by molar-refractivity contribution is 0.0730. The fourth-order valence-electron chi connectivity index (χ4n) is 3.39. The summed E-state index contributed by atoms with van der Waals surface area (Å²) in [6, 6.07) is 15.0. The highest BCUT2D eigenvalue weighted by Gasteiger charge is 2.26. The van der Waals surface area contributed by atoms with Crippen molar-refractivity contribution in [2.45, 2.75) is 11.8 Å². The Labute approximate surface area is 206 Å². The molecule has 0 spiro atoms. The van der Waals surface area contributed by atoms with Gasteiger partial charge >= 0.3 is 6.09 Å². The number of morpholine rings is 1. The van der Waals surface area contributed by atoms with Gasteiger partial charge in [0.05, 0.1) is 24.7 Å². The van der Waals surface area contributed by atoms with Crippen LogP contribution in [0.15, 0.2) is 59.5 Å². The maximum atomic E-state index is 13.0. The van der Waals surface area contributed by atoms with Crippen LogP contribution in [0.1, 0.15) is 17.3 Å². The van der Waals surface area contributed by atoms with Crippen LogP contribution in [0.5, 0.6) is 0 Å². The molecule has 3 aromatic rings. The number of nitrogens with one attached hydrogen (secondary N) is 2. The Morgan fingerprint density at radius 2 is 1.74 bits per heavy atom. The summed E-state index contributed by atoms with van der Waals surface area (Å²) in [5, 5.41) is 6.07. The van der Waals surface area contributed by atoms with Crippen molar-refractivity contribution in [3.63, 3.8) is 0 Å². The maximum Gasteiger partial charge on any atom is 0.413 e. The Hall–Kier alpha value is -3.32. The molecule has 184 valence electrons. The Bertz CT molecular complexity index is 1290. The van der Waals surface area contributed by atoms with Crippen LogP contribution in [0.25, 0.3) is 11.3 Å². The van der Waals surface area contributed by atoms with Crippen LogP contribution in [0.2, 0.25) is 0 Å². The lowest BCUT2D eigenvalue weighted by Gasteiger charge is -2.26. The lowest BCUT2D eigenvalue weighted by Crippen LogP contribution is -2.40. The predicted molar refractivity (Wildman–Crippen MR) is 132 cm³/mol. The molecule has 2 heterocycles. The summed E-state index contributed by atoms with van der Waals surface area (Å²) < 4.78 is 37.1. The number of hydrogen-bond acceptors (Lipinski definition) is 8. The SMILES string of the molecule is CCOC(=O)Nc1nc(-c2ccccc2)c(NC(=O)c2ccc(S(=O)(=O)N3CCOCC3)cc2)s1. The largest absolute Gasteiger partial charge is 0.450 e. The standard InChI is InChI=1S/C23H24N4O6S2/c1-2-33-23(29)26-22-24-19(16-6-4-3-5-7-16)21(34-22)25-20(28)17-8-10-18(11-9-17)35(30,31)27-12-14-32-15-13-27/h3-11H,2,12-15H2,1H3,(H,25,28)(H,24,26,29). The van der Waals surface area contributed by atoms with Crippen molar-refractivity contribution in [3.8, 4) is 11.3 Å². The lowest BCUT2D eigenvalue weighted by atomic mass is 10.1.